The van der Waals surface area contributed by atoms with Crippen LogP contribution in [0.4, 0.5) is 0 Å². The van der Waals surface area contributed by atoms with Crippen molar-refractivity contribution >= 4 is 0 Å². The van der Waals surface area contributed by atoms with E-state index in [0.29, 0.717) is 19.3 Å². The highest BCUT2D eigenvalue weighted by molar-refractivity contribution is 4.98. The Hall–Kier alpha value is -0.380. The molecule has 1 fully saturated rings. The van der Waals surface area contributed by atoms with Crippen molar-refractivity contribution in [3.63, 3.8) is 0 Å². The van der Waals surface area contributed by atoms with E-state index in [4.69, 9.17) is 9.47 Å². The molecule has 0 saturated carbocycles. The van der Waals surface area contributed by atoms with Crippen molar-refractivity contribution in [2.45, 2.75) is 51.7 Å². The normalized spacial score (nSPS) is 21.5. The van der Waals surface area contributed by atoms with Crippen molar-refractivity contribution < 1.29 is 9.47 Å². The van der Waals surface area contributed by atoms with E-state index < -0.39 is 0 Å². The first kappa shape index (κ1) is 14.7. The molecule has 0 aromatic heterocycles. The van der Waals surface area contributed by atoms with Crippen LogP contribution in [0.5, 0.6) is 0 Å². The second-order valence-corrected chi connectivity index (χ2v) is 5.86. The molecule has 0 aromatic rings. The molecule has 1 aliphatic heterocycles. The fraction of sp³-hybridized carbons (Fsp3) is 0.857. The first-order valence-corrected chi connectivity index (χ1v) is 6.58. The molecular formula is C14H27NO2. The quantitative estimate of drug-likeness (QED) is 0.725. The summed E-state index contributed by atoms with van der Waals surface area (Å²) in [7, 11) is 0. The van der Waals surface area contributed by atoms with Gasteiger partial charge in [-0.05, 0) is 45.6 Å². The van der Waals surface area contributed by atoms with Crippen LogP contribution < -0.4 is 5.32 Å². The number of hydrogen-bond donors (Lipinski definition) is 1. The van der Waals surface area contributed by atoms with Crippen LogP contribution >= 0.6 is 0 Å². The SMILES string of the molecule is C=C(CNC(C)(C)C)COCC1CCCCO1. The van der Waals surface area contributed by atoms with Gasteiger partial charge in [0, 0.05) is 18.7 Å². The molecular weight excluding hydrogens is 214 g/mol. The number of hydrogen-bond acceptors (Lipinski definition) is 3. The van der Waals surface area contributed by atoms with Crippen LogP contribution in [-0.2, 0) is 9.47 Å². The summed E-state index contributed by atoms with van der Waals surface area (Å²) < 4.78 is 11.2. The molecule has 0 aliphatic carbocycles. The van der Waals surface area contributed by atoms with Gasteiger partial charge in [0.2, 0.25) is 0 Å². The zero-order valence-corrected chi connectivity index (χ0v) is 11.6. The van der Waals surface area contributed by atoms with E-state index in [0.717, 1.165) is 25.1 Å². The minimum absolute atomic E-state index is 0.134. The first-order valence-electron chi connectivity index (χ1n) is 6.58. The van der Waals surface area contributed by atoms with Crippen LogP contribution in [-0.4, -0.2) is 38.0 Å². The lowest BCUT2D eigenvalue weighted by atomic mass is 10.1. The van der Waals surface area contributed by atoms with Gasteiger partial charge >= 0.3 is 0 Å². The summed E-state index contributed by atoms with van der Waals surface area (Å²) in [6, 6.07) is 0. The maximum absolute atomic E-state index is 5.64. The maximum Gasteiger partial charge on any atom is 0.0808 e. The van der Waals surface area contributed by atoms with E-state index in [1.807, 2.05) is 0 Å². The highest BCUT2D eigenvalue weighted by atomic mass is 16.5. The Kier molecular flexibility index (Phi) is 6.17. The molecule has 1 N–H and O–H groups in total. The van der Waals surface area contributed by atoms with Gasteiger partial charge in [-0.1, -0.05) is 6.58 Å². The number of nitrogens with one attached hydrogen (secondary N) is 1. The summed E-state index contributed by atoms with van der Waals surface area (Å²) in [6.45, 7) is 13.5. The Morgan fingerprint density at radius 2 is 2.18 bits per heavy atom. The predicted molar refractivity (Wildman–Crippen MR) is 71.3 cm³/mol. The molecule has 0 spiro atoms. The summed E-state index contributed by atoms with van der Waals surface area (Å²) in [4.78, 5) is 0. The van der Waals surface area contributed by atoms with Gasteiger partial charge in [-0.2, -0.15) is 0 Å². The molecule has 1 rings (SSSR count). The lowest BCUT2D eigenvalue weighted by Crippen LogP contribution is -2.37. The highest BCUT2D eigenvalue weighted by Gasteiger charge is 2.14. The lowest BCUT2D eigenvalue weighted by molar-refractivity contribution is -0.0366. The topological polar surface area (TPSA) is 30.5 Å². The number of rotatable bonds is 6. The third-order valence-electron chi connectivity index (χ3n) is 2.75. The summed E-state index contributed by atoms with van der Waals surface area (Å²) in [5, 5.41) is 3.40. The predicted octanol–water partition coefficient (Wildman–Crippen LogP) is 2.52. The largest absolute Gasteiger partial charge is 0.376 e. The van der Waals surface area contributed by atoms with Gasteiger partial charge in [0.05, 0.1) is 19.3 Å². The second-order valence-electron chi connectivity index (χ2n) is 5.86. The van der Waals surface area contributed by atoms with Crippen LogP contribution in [0.1, 0.15) is 40.0 Å². The third-order valence-corrected chi connectivity index (χ3v) is 2.75. The zero-order valence-electron chi connectivity index (χ0n) is 11.6. The van der Waals surface area contributed by atoms with E-state index in [1.165, 1.54) is 12.8 Å². The maximum atomic E-state index is 5.64. The van der Waals surface area contributed by atoms with Crippen LogP contribution in [0.25, 0.3) is 0 Å². The molecule has 0 radical (unpaired) electrons. The molecule has 3 heteroatoms. The highest BCUT2D eigenvalue weighted by Crippen LogP contribution is 2.12. The summed E-state index contributed by atoms with van der Waals surface area (Å²) in [6.07, 6.45) is 3.89. The summed E-state index contributed by atoms with van der Waals surface area (Å²) in [5.74, 6) is 0. The monoisotopic (exact) mass is 241 g/mol. The molecule has 1 aliphatic rings. The Morgan fingerprint density at radius 3 is 2.76 bits per heavy atom. The van der Waals surface area contributed by atoms with Crippen LogP contribution in [0.15, 0.2) is 12.2 Å². The zero-order chi connectivity index (χ0) is 12.7. The minimum Gasteiger partial charge on any atom is -0.376 e. The van der Waals surface area contributed by atoms with Crippen molar-refractivity contribution in [3.05, 3.63) is 12.2 Å². The molecule has 100 valence electrons. The fourth-order valence-corrected chi connectivity index (χ4v) is 1.71. The molecule has 3 nitrogen and oxygen atoms in total. The molecule has 1 atom stereocenters. The molecule has 0 aromatic carbocycles. The Balaban J connectivity index is 2.03. The first-order chi connectivity index (χ1) is 7.97. The molecule has 1 unspecified atom stereocenters. The van der Waals surface area contributed by atoms with Gasteiger partial charge in [-0.15, -0.1) is 0 Å². The van der Waals surface area contributed by atoms with Gasteiger partial charge in [-0.3, -0.25) is 0 Å². The van der Waals surface area contributed by atoms with Crippen molar-refractivity contribution in [1.82, 2.24) is 5.32 Å². The molecule has 17 heavy (non-hydrogen) atoms. The molecule has 0 amide bonds. The third kappa shape index (κ3) is 7.53. The van der Waals surface area contributed by atoms with E-state index in [2.05, 4.69) is 32.7 Å². The molecule has 1 heterocycles. The van der Waals surface area contributed by atoms with Crippen LogP contribution in [0, 0.1) is 0 Å². The van der Waals surface area contributed by atoms with Crippen molar-refractivity contribution in [3.8, 4) is 0 Å². The average molecular weight is 241 g/mol. The second kappa shape index (κ2) is 7.14. The summed E-state index contributed by atoms with van der Waals surface area (Å²) in [5.41, 5.74) is 1.23. The van der Waals surface area contributed by atoms with Crippen molar-refractivity contribution in [2.24, 2.45) is 0 Å². The van der Waals surface area contributed by atoms with Gasteiger partial charge in [0.1, 0.15) is 0 Å². The van der Waals surface area contributed by atoms with E-state index >= 15 is 0 Å². The standard InChI is InChI=1S/C14H27NO2/c1-12(9-15-14(2,3)4)10-16-11-13-7-5-6-8-17-13/h13,15H,1,5-11H2,2-4H3. The van der Waals surface area contributed by atoms with E-state index in [9.17, 15) is 0 Å². The van der Waals surface area contributed by atoms with Gasteiger partial charge in [-0.25, -0.2) is 0 Å². The number of ether oxygens (including phenoxy) is 2. The van der Waals surface area contributed by atoms with Crippen LogP contribution in [0.2, 0.25) is 0 Å². The van der Waals surface area contributed by atoms with Gasteiger partial charge in [0.25, 0.3) is 0 Å². The molecule has 1 saturated heterocycles. The average Bonchev–Trinajstić information content (AvgIpc) is 2.27. The van der Waals surface area contributed by atoms with Gasteiger partial charge in [0.15, 0.2) is 0 Å². The molecule has 0 bridgehead atoms. The Labute approximate surface area is 106 Å². The lowest BCUT2D eigenvalue weighted by Gasteiger charge is -2.23. The van der Waals surface area contributed by atoms with Crippen LogP contribution in [0.3, 0.4) is 0 Å². The fourth-order valence-electron chi connectivity index (χ4n) is 1.71. The Morgan fingerprint density at radius 1 is 1.41 bits per heavy atom. The smallest absolute Gasteiger partial charge is 0.0808 e. The van der Waals surface area contributed by atoms with Crippen molar-refractivity contribution in [2.75, 3.05) is 26.4 Å². The Bertz CT molecular complexity index is 227. The van der Waals surface area contributed by atoms with E-state index in [1.54, 1.807) is 0 Å². The van der Waals surface area contributed by atoms with E-state index in [-0.39, 0.29) is 5.54 Å². The minimum atomic E-state index is 0.134. The van der Waals surface area contributed by atoms with Crippen molar-refractivity contribution in [1.29, 1.82) is 0 Å². The van der Waals surface area contributed by atoms with Gasteiger partial charge < -0.3 is 14.8 Å². The summed E-state index contributed by atoms with van der Waals surface area (Å²) >= 11 is 0.